The van der Waals surface area contributed by atoms with Crippen molar-refractivity contribution in [3.8, 4) is 0 Å². The van der Waals surface area contributed by atoms with Crippen molar-refractivity contribution in [2.45, 2.75) is 25.3 Å². The minimum atomic E-state index is -1.15. The number of aromatic nitrogens is 3. The van der Waals surface area contributed by atoms with Crippen LogP contribution in [0.15, 0.2) is 48.7 Å². The Morgan fingerprint density at radius 2 is 1.81 bits per heavy atom. The van der Waals surface area contributed by atoms with E-state index in [0.717, 1.165) is 12.8 Å². The number of rotatable bonds is 4. The molecule has 2 aromatic carbocycles. The van der Waals surface area contributed by atoms with Gasteiger partial charge in [0.2, 0.25) is 5.91 Å². The molecule has 1 aliphatic heterocycles. The normalized spacial score (nSPS) is 15.2. The fourth-order valence-electron chi connectivity index (χ4n) is 3.76. The zero-order chi connectivity index (χ0) is 18.8. The summed E-state index contributed by atoms with van der Waals surface area (Å²) in [7, 11) is 0. The summed E-state index contributed by atoms with van der Waals surface area (Å²) in [5, 5.41) is 18.7. The molecule has 0 unspecified atom stereocenters. The highest BCUT2D eigenvalue weighted by molar-refractivity contribution is 5.86. The fourth-order valence-corrected chi connectivity index (χ4v) is 3.76. The number of piperidine rings is 1. The maximum Gasteiger partial charge on any atom is 0.358 e. The minimum Gasteiger partial charge on any atom is -0.476 e. The highest BCUT2D eigenvalue weighted by atomic mass is 16.4. The van der Waals surface area contributed by atoms with Gasteiger partial charge in [-0.2, -0.15) is 0 Å². The van der Waals surface area contributed by atoms with Gasteiger partial charge in [-0.15, -0.1) is 5.10 Å². The predicted octanol–water partition coefficient (Wildman–Crippen LogP) is 2.54. The average molecular weight is 364 g/mol. The van der Waals surface area contributed by atoms with E-state index in [4.69, 9.17) is 5.11 Å². The number of likely N-dealkylation sites (tertiary alicyclic amines) is 1. The molecule has 7 heteroatoms. The van der Waals surface area contributed by atoms with E-state index in [9.17, 15) is 9.59 Å². The smallest absolute Gasteiger partial charge is 0.358 e. The van der Waals surface area contributed by atoms with Crippen LogP contribution in [0.4, 0.5) is 0 Å². The molecule has 0 bridgehead atoms. The lowest BCUT2D eigenvalue weighted by atomic mass is 9.86. The van der Waals surface area contributed by atoms with E-state index in [1.165, 1.54) is 27.2 Å². The first-order valence-corrected chi connectivity index (χ1v) is 9.00. The molecule has 138 valence electrons. The van der Waals surface area contributed by atoms with Gasteiger partial charge in [0.25, 0.3) is 0 Å². The molecule has 0 aliphatic carbocycles. The van der Waals surface area contributed by atoms with E-state index in [-0.39, 0.29) is 18.1 Å². The second kappa shape index (κ2) is 7.19. The second-order valence-electron chi connectivity index (χ2n) is 6.83. The van der Waals surface area contributed by atoms with E-state index in [0.29, 0.717) is 19.0 Å². The Bertz CT molecular complexity index is 984. The van der Waals surface area contributed by atoms with Crippen LogP contribution in [-0.2, 0) is 11.3 Å². The summed E-state index contributed by atoms with van der Waals surface area (Å²) in [6.07, 6.45) is 3.11. The average Bonchev–Trinajstić information content (AvgIpc) is 3.16. The maximum absolute atomic E-state index is 12.5. The Kier molecular flexibility index (Phi) is 4.58. The van der Waals surface area contributed by atoms with E-state index in [1.54, 1.807) is 0 Å². The Labute approximate surface area is 156 Å². The molecule has 27 heavy (non-hydrogen) atoms. The van der Waals surface area contributed by atoms with Crippen LogP contribution in [0.5, 0.6) is 0 Å². The molecule has 1 amide bonds. The van der Waals surface area contributed by atoms with Gasteiger partial charge in [0, 0.05) is 13.1 Å². The van der Waals surface area contributed by atoms with Gasteiger partial charge < -0.3 is 10.0 Å². The minimum absolute atomic E-state index is 0.0131. The number of carbonyl (C=O) groups is 2. The molecular weight excluding hydrogens is 344 g/mol. The number of carboxylic acids is 1. The quantitative estimate of drug-likeness (QED) is 0.768. The highest BCUT2D eigenvalue weighted by Gasteiger charge is 2.25. The number of carbonyl (C=O) groups excluding carboxylic acids is 1. The molecule has 1 aromatic heterocycles. The molecule has 4 rings (SSSR count). The Morgan fingerprint density at radius 3 is 2.56 bits per heavy atom. The summed E-state index contributed by atoms with van der Waals surface area (Å²) < 4.78 is 1.28. The first-order chi connectivity index (χ1) is 13.1. The van der Waals surface area contributed by atoms with Crippen molar-refractivity contribution in [2.75, 3.05) is 13.1 Å². The topological polar surface area (TPSA) is 88.3 Å². The molecule has 0 spiro atoms. The van der Waals surface area contributed by atoms with E-state index in [2.05, 4.69) is 46.7 Å². The number of hydrogen-bond acceptors (Lipinski definition) is 4. The van der Waals surface area contributed by atoms with Crippen molar-refractivity contribution in [3.63, 3.8) is 0 Å². The fraction of sp³-hybridized carbons (Fsp3) is 0.300. The van der Waals surface area contributed by atoms with Crippen LogP contribution in [0.25, 0.3) is 10.8 Å². The molecule has 1 N–H and O–H groups in total. The molecule has 7 nitrogen and oxygen atoms in total. The van der Waals surface area contributed by atoms with Gasteiger partial charge in [0.05, 0.1) is 6.20 Å². The largest absolute Gasteiger partial charge is 0.476 e. The lowest BCUT2D eigenvalue weighted by molar-refractivity contribution is -0.133. The van der Waals surface area contributed by atoms with Gasteiger partial charge in [-0.3, -0.25) is 4.79 Å². The van der Waals surface area contributed by atoms with Crippen LogP contribution in [0, 0.1) is 0 Å². The summed E-state index contributed by atoms with van der Waals surface area (Å²) in [4.78, 5) is 25.2. The van der Waals surface area contributed by atoms with Gasteiger partial charge in [0.15, 0.2) is 5.69 Å². The predicted molar refractivity (Wildman–Crippen MR) is 99.5 cm³/mol. The van der Waals surface area contributed by atoms with Gasteiger partial charge in [-0.25, -0.2) is 9.48 Å². The summed E-state index contributed by atoms with van der Waals surface area (Å²) in [6, 6.07) is 14.8. The molecule has 3 aromatic rings. The third-order valence-electron chi connectivity index (χ3n) is 5.17. The van der Waals surface area contributed by atoms with Crippen molar-refractivity contribution >= 4 is 22.6 Å². The van der Waals surface area contributed by atoms with Crippen molar-refractivity contribution < 1.29 is 14.7 Å². The summed E-state index contributed by atoms with van der Waals surface area (Å²) in [5.74, 6) is -0.775. The van der Waals surface area contributed by atoms with Crippen molar-refractivity contribution in [3.05, 3.63) is 59.9 Å². The number of amides is 1. The highest BCUT2D eigenvalue weighted by Crippen LogP contribution is 2.33. The third-order valence-corrected chi connectivity index (χ3v) is 5.17. The molecule has 1 fully saturated rings. The SMILES string of the molecule is O=C(O)c1cn(CC(=O)N2CCC(c3cccc4ccccc34)CC2)nn1. The summed E-state index contributed by atoms with van der Waals surface area (Å²) in [6.45, 7) is 1.39. The Balaban J connectivity index is 1.40. The first-order valence-electron chi connectivity index (χ1n) is 9.00. The lowest BCUT2D eigenvalue weighted by Gasteiger charge is -2.32. The first kappa shape index (κ1) is 17.2. The van der Waals surface area contributed by atoms with E-state index in [1.807, 2.05) is 11.0 Å². The van der Waals surface area contributed by atoms with Crippen LogP contribution in [0.3, 0.4) is 0 Å². The number of aromatic carboxylic acids is 1. The zero-order valence-corrected chi connectivity index (χ0v) is 14.8. The van der Waals surface area contributed by atoms with Crippen LogP contribution in [-0.4, -0.2) is 50.0 Å². The van der Waals surface area contributed by atoms with Crippen molar-refractivity contribution in [1.82, 2.24) is 19.9 Å². The van der Waals surface area contributed by atoms with Crippen molar-refractivity contribution in [2.24, 2.45) is 0 Å². The monoisotopic (exact) mass is 364 g/mol. The molecule has 0 atom stereocenters. The zero-order valence-electron chi connectivity index (χ0n) is 14.8. The summed E-state index contributed by atoms with van der Waals surface area (Å²) >= 11 is 0. The number of nitrogens with zero attached hydrogens (tertiary/aromatic N) is 4. The molecule has 2 heterocycles. The van der Waals surface area contributed by atoms with Crippen LogP contribution < -0.4 is 0 Å². The number of fused-ring (bicyclic) bond motifs is 1. The van der Waals surface area contributed by atoms with E-state index >= 15 is 0 Å². The lowest BCUT2D eigenvalue weighted by Crippen LogP contribution is -2.39. The van der Waals surface area contributed by atoms with Gasteiger partial charge in [-0.1, -0.05) is 47.7 Å². The number of benzene rings is 2. The van der Waals surface area contributed by atoms with Gasteiger partial charge in [-0.05, 0) is 35.1 Å². The van der Waals surface area contributed by atoms with E-state index < -0.39 is 5.97 Å². The van der Waals surface area contributed by atoms with Gasteiger partial charge in [0.1, 0.15) is 6.54 Å². The molecule has 0 saturated carbocycles. The molecule has 1 saturated heterocycles. The van der Waals surface area contributed by atoms with Crippen LogP contribution in [0.2, 0.25) is 0 Å². The Morgan fingerprint density at radius 1 is 1.07 bits per heavy atom. The molecule has 1 aliphatic rings. The number of hydrogen-bond donors (Lipinski definition) is 1. The molecular formula is C20H20N4O3. The summed E-state index contributed by atoms with van der Waals surface area (Å²) in [5.41, 5.74) is 1.19. The maximum atomic E-state index is 12.5. The van der Waals surface area contributed by atoms with Crippen molar-refractivity contribution in [1.29, 1.82) is 0 Å². The standard InChI is InChI=1S/C20H20N4O3/c25-19(13-24-12-18(20(26)27)21-22-24)23-10-8-15(9-11-23)17-7-3-5-14-4-1-2-6-16(14)17/h1-7,12,15H,8-11,13H2,(H,26,27). The third kappa shape index (κ3) is 3.53. The number of carboxylic acid groups (broad SMARTS) is 1. The second-order valence-corrected chi connectivity index (χ2v) is 6.83. The van der Waals surface area contributed by atoms with Crippen LogP contribution in [0.1, 0.15) is 34.8 Å². The van der Waals surface area contributed by atoms with Gasteiger partial charge >= 0.3 is 5.97 Å². The van der Waals surface area contributed by atoms with Crippen LogP contribution >= 0.6 is 0 Å². The Hall–Kier alpha value is -3.22. The molecule has 0 radical (unpaired) electrons.